The third-order valence-corrected chi connectivity index (χ3v) is 3.32. The van der Waals surface area contributed by atoms with Crippen LogP contribution in [0.4, 0.5) is 18.0 Å². The second-order valence-corrected chi connectivity index (χ2v) is 5.38. The molecule has 11 heteroatoms. The number of halogens is 3. The first-order valence-corrected chi connectivity index (χ1v) is 7.15. The van der Waals surface area contributed by atoms with Gasteiger partial charge in [-0.15, -0.1) is 0 Å². The summed E-state index contributed by atoms with van der Waals surface area (Å²) in [7, 11) is 0.386. The molecule has 0 radical (unpaired) electrons. The lowest BCUT2D eigenvalue weighted by Crippen LogP contribution is -2.37. The number of carbonyl (C=O) groups excluding carboxylic acids is 1. The van der Waals surface area contributed by atoms with Crippen molar-refractivity contribution in [2.45, 2.75) is 6.18 Å². The van der Waals surface area contributed by atoms with Crippen molar-refractivity contribution >= 4 is 16.7 Å². The normalized spacial score (nSPS) is 12.1. The van der Waals surface area contributed by atoms with Crippen molar-refractivity contribution in [3.05, 3.63) is 18.0 Å². The molecule has 0 saturated heterocycles. The van der Waals surface area contributed by atoms with Crippen molar-refractivity contribution in [2.24, 2.45) is 0 Å². The minimum absolute atomic E-state index is 0.152. The maximum atomic E-state index is 12.4. The molecule has 1 rings (SSSR count). The lowest BCUT2D eigenvalue weighted by Gasteiger charge is -2.20. The van der Waals surface area contributed by atoms with Gasteiger partial charge in [0.15, 0.2) is 10.7 Å². The number of amides is 1. The average molecular weight is 328 g/mol. The van der Waals surface area contributed by atoms with E-state index in [-0.39, 0.29) is 19.0 Å². The largest absolute Gasteiger partial charge is 0.419 e. The van der Waals surface area contributed by atoms with Gasteiger partial charge in [0.25, 0.3) is 0 Å². The molecule has 0 aliphatic rings. The molecule has 1 amide bonds. The number of aromatic nitrogens is 2. The van der Waals surface area contributed by atoms with E-state index in [4.69, 9.17) is 0 Å². The molecule has 7 nitrogen and oxygen atoms in total. The van der Waals surface area contributed by atoms with Gasteiger partial charge in [-0.2, -0.15) is 23.0 Å². The number of alkyl halides is 3. The number of hydrogen-bond donors (Lipinski definition) is 1. The van der Waals surface area contributed by atoms with Gasteiger partial charge >= 0.3 is 12.2 Å². The van der Waals surface area contributed by atoms with Crippen molar-refractivity contribution in [2.75, 3.05) is 33.1 Å². The molecule has 120 valence electrons. The summed E-state index contributed by atoms with van der Waals surface area (Å²) in [6, 6.07) is -0.731. The SMILES string of the molecule is CN(CCN(C)C(=O)n1cc(C(F)(F)F)cn1)C[SH](=O)=O. The number of rotatable bonds is 5. The second kappa shape index (κ2) is 6.89. The fourth-order valence-electron chi connectivity index (χ4n) is 1.43. The number of hydrogen-bond acceptors (Lipinski definition) is 5. The van der Waals surface area contributed by atoms with E-state index in [1.807, 2.05) is 0 Å². The minimum atomic E-state index is -4.56. The predicted molar refractivity (Wildman–Crippen MR) is 68.5 cm³/mol. The summed E-state index contributed by atoms with van der Waals surface area (Å²) in [6.07, 6.45) is -3.38. The maximum Gasteiger partial charge on any atom is 0.419 e. The Balaban J connectivity index is 2.60. The summed E-state index contributed by atoms with van der Waals surface area (Å²) in [4.78, 5) is 14.5. The maximum absolute atomic E-state index is 12.4. The van der Waals surface area contributed by atoms with Crippen molar-refractivity contribution in [3.8, 4) is 0 Å². The molecule has 0 saturated carbocycles. The Morgan fingerprint density at radius 3 is 2.43 bits per heavy atom. The molecule has 0 aliphatic heterocycles. The van der Waals surface area contributed by atoms with Gasteiger partial charge in [-0.05, 0) is 7.05 Å². The molecule has 0 bridgehead atoms. The Bertz CT molecular complexity index is 562. The molecule has 21 heavy (non-hydrogen) atoms. The highest BCUT2D eigenvalue weighted by atomic mass is 32.2. The molecule has 1 aromatic rings. The van der Waals surface area contributed by atoms with Gasteiger partial charge in [0.05, 0.1) is 17.6 Å². The Morgan fingerprint density at radius 2 is 1.95 bits per heavy atom. The highest BCUT2D eigenvalue weighted by molar-refractivity contribution is 7.72. The molecule has 0 aromatic carbocycles. The van der Waals surface area contributed by atoms with Gasteiger partial charge in [0, 0.05) is 26.3 Å². The van der Waals surface area contributed by atoms with Crippen LogP contribution >= 0.6 is 0 Å². The van der Waals surface area contributed by atoms with Gasteiger partial charge in [-0.1, -0.05) is 0 Å². The van der Waals surface area contributed by atoms with Gasteiger partial charge in [0.1, 0.15) is 0 Å². The highest BCUT2D eigenvalue weighted by Gasteiger charge is 2.33. The third kappa shape index (κ3) is 5.34. The van der Waals surface area contributed by atoms with E-state index in [0.29, 0.717) is 17.1 Å². The molecule has 1 heterocycles. The molecule has 0 aliphatic carbocycles. The van der Waals surface area contributed by atoms with Crippen LogP contribution in [0.25, 0.3) is 0 Å². The topological polar surface area (TPSA) is 75.5 Å². The molecule has 0 fully saturated rings. The molecular formula is C10H15F3N4O3S. The zero-order valence-electron chi connectivity index (χ0n) is 11.4. The quantitative estimate of drug-likeness (QED) is 0.787. The summed E-state index contributed by atoms with van der Waals surface area (Å²) >= 11 is 0. The fraction of sp³-hybridized carbons (Fsp3) is 0.600. The second-order valence-electron chi connectivity index (χ2n) is 4.43. The monoisotopic (exact) mass is 328 g/mol. The van der Waals surface area contributed by atoms with Crippen molar-refractivity contribution in [1.82, 2.24) is 19.6 Å². The lowest BCUT2D eigenvalue weighted by molar-refractivity contribution is -0.137. The molecule has 0 spiro atoms. The first-order chi connectivity index (χ1) is 9.61. The van der Waals surface area contributed by atoms with E-state index in [9.17, 15) is 26.4 Å². The number of thiol groups is 1. The highest BCUT2D eigenvalue weighted by Crippen LogP contribution is 2.28. The van der Waals surface area contributed by atoms with E-state index in [1.165, 1.54) is 11.9 Å². The summed E-state index contributed by atoms with van der Waals surface area (Å²) in [5.74, 6) is -0.155. The average Bonchev–Trinajstić information content (AvgIpc) is 2.83. The summed E-state index contributed by atoms with van der Waals surface area (Å²) in [5, 5.41) is 3.37. The van der Waals surface area contributed by atoms with Crippen LogP contribution < -0.4 is 0 Å². The van der Waals surface area contributed by atoms with Crippen LogP contribution in [0.2, 0.25) is 0 Å². The minimum Gasteiger partial charge on any atom is -0.325 e. The molecule has 1 aromatic heterocycles. The van der Waals surface area contributed by atoms with E-state index in [2.05, 4.69) is 5.10 Å². The number of carbonyl (C=O) groups is 1. The van der Waals surface area contributed by atoms with Crippen molar-refractivity contribution in [1.29, 1.82) is 0 Å². The molecule has 0 N–H and O–H groups in total. The van der Waals surface area contributed by atoms with Crippen LogP contribution in [0.15, 0.2) is 12.4 Å². The fourth-order valence-corrected chi connectivity index (χ4v) is 1.97. The van der Waals surface area contributed by atoms with E-state index in [0.717, 1.165) is 4.90 Å². The van der Waals surface area contributed by atoms with E-state index < -0.39 is 28.5 Å². The third-order valence-electron chi connectivity index (χ3n) is 2.61. The standard InChI is InChI=1S/C10H15F3N4O3S/c1-15(7-21(19)20)3-4-16(2)9(18)17-6-8(5-14-17)10(11,12)13/h5-6,21H,3-4,7H2,1-2H3. The van der Waals surface area contributed by atoms with Crippen molar-refractivity contribution in [3.63, 3.8) is 0 Å². The molecule has 0 atom stereocenters. The number of nitrogens with zero attached hydrogens (tertiary/aromatic N) is 4. The van der Waals surface area contributed by atoms with E-state index >= 15 is 0 Å². The summed E-state index contributed by atoms with van der Waals surface area (Å²) in [6.45, 7) is 0.415. The Kier molecular flexibility index (Phi) is 5.72. The first kappa shape index (κ1) is 17.4. The Labute approximate surface area is 120 Å². The van der Waals surface area contributed by atoms with Gasteiger partial charge < -0.3 is 4.90 Å². The van der Waals surface area contributed by atoms with Gasteiger partial charge in [0.2, 0.25) is 0 Å². The zero-order chi connectivity index (χ0) is 16.2. The van der Waals surface area contributed by atoms with Crippen LogP contribution in [0, 0.1) is 0 Å². The molecular weight excluding hydrogens is 313 g/mol. The van der Waals surface area contributed by atoms with Crippen LogP contribution in [0.1, 0.15) is 5.56 Å². The van der Waals surface area contributed by atoms with E-state index in [1.54, 1.807) is 7.05 Å². The van der Waals surface area contributed by atoms with Crippen LogP contribution in [0.5, 0.6) is 0 Å². The van der Waals surface area contributed by atoms with Crippen LogP contribution in [0.3, 0.4) is 0 Å². The first-order valence-electron chi connectivity index (χ1n) is 5.79. The van der Waals surface area contributed by atoms with Crippen molar-refractivity contribution < 1.29 is 26.4 Å². The predicted octanol–water partition coefficient (Wildman–Crippen LogP) is 0.302. The summed E-state index contributed by atoms with van der Waals surface area (Å²) < 4.78 is 58.8. The Morgan fingerprint density at radius 1 is 1.33 bits per heavy atom. The molecule has 0 unspecified atom stereocenters. The van der Waals surface area contributed by atoms with Crippen LogP contribution in [-0.2, 0) is 16.9 Å². The Hall–Kier alpha value is -1.62. The lowest BCUT2D eigenvalue weighted by atomic mass is 10.4. The smallest absolute Gasteiger partial charge is 0.325 e. The van der Waals surface area contributed by atoms with Gasteiger partial charge in [-0.25, -0.2) is 13.2 Å². The van der Waals surface area contributed by atoms with Crippen LogP contribution in [-0.4, -0.2) is 67.1 Å². The zero-order valence-corrected chi connectivity index (χ0v) is 12.3. The summed E-state index contributed by atoms with van der Waals surface area (Å²) in [5.41, 5.74) is -1.01. The number of likely N-dealkylation sites (N-methyl/N-ethyl adjacent to an activating group) is 2. The van der Waals surface area contributed by atoms with Gasteiger partial charge in [-0.3, -0.25) is 4.90 Å².